The van der Waals surface area contributed by atoms with E-state index in [1.807, 2.05) is 37.8 Å². The van der Waals surface area contributed by atoms with Crippen LogP contribution in [-0.2, 0) is 12.7 Å². The molecule has 0 unspecified atom stereocenters. The topological polar surface area (TPSA) is 72.3 Å². The molecule has 9 heteroatoms. The van der Waals surface area contributed by atoms with Gasteiger partial charge in [-0.05, 0) is 50.6 Å². The molecule has 2 atom stereocenters. The number of amides is 2. The van der Waals surface area contributed by atoms with E-state index in [0.717, 1.165) is 17.3 Å². The van der Waals surface area contributed by atoms with Crippen molar-refractivity contribution in [3.8, 4) is 6.07 Å². The highest BCUT2D eigenvalue weighted by Crippen LogP contribution is 2.35. The molecule has 2 amide bonds. The van der Waals surface area contributed by atoms with E-state index >= 15 is 0 Å². The number of aryl methyl sites for hydroxylation is 1. The number of rotatable bonds is 3. The van der Waals surface area contributed by atoms with E-state index in [0.29, 0.717) is 25.3 Å². The zero-order valence-corrected chi connectivity index (χ0v) is 17.6. The predicted molar refractivity (Wildman–Crippen MR) is 110 cm³/mol. The lowest BCUT2D eigenvalue weighted by Gasteiger charge is -2.45. The number of pyridine rings is 1. The molecular weight excluding hydrogens is 407 g/mol. The van der Waals surface area contributed by atoms with Crippen LogP contribution in [0.1, 0.15) is 36.2 Å². The molecule has 1 aromatic carbocycles. The van der Waals surface area contributed by atoms with Gasteiger partial charge in [-0.15, -0.1) is 0 Å². The average molecular weight is 431 g/mol. The van der Waals surface area contributed by atoms with E-state index in [4.69, 9.17) is 5.26 Å². The molecule has 2 aromatic rings. The van der Waals surface area contributed by atoms with Crippen molar-refractivity contribution in [2.75, 3.05) is 18.0 Å². The second-order valence-corrected chi connectivity index (χ2v) is 7.77. The van der Waals surface area contributed by atoms with Crippen molar-refractivity contribution < 1.29 is 18.0 Å². The summed E-state index contributed by atoms with van der Waals surface area (Å²) in [6, 6.07) is 8.44. The minimum absolute atomic E-state index is 0.201. The van der Waals surface area contributed by atoms with Crippen LogP contribution in [0.4, 0.5) is 23.7 Å². The van der Waals surface area contributed by atoms with E-state index in [2.05, 4.69) is 10.3 Å². The Kier molecular flexibility index (Phi) is 6.39. The molecule has 0 saturated carbocycles. The molecule has 6 nitrogen and oxygen atoms in total. The molecule has 2 heterocycles. The number of aromatic nitrogens is 1. The Hall–Kier alpha value is -3.28. The molecule has 0 spiro atoms. The molecule has 164 valence electrons. The molecule has 1 aromatic heterocycles. The fourth-order valence-electron chi connectivity index (χ4n) is 3.78. The lowest BCUT2D eigenvalue weighted by molar-refractivity contribution is -0.137. The summed E-state index contributed by atoms with van der Waals surface area (Å²) < 4.78 is 40.0. The fourth-order valence-corrected chi connectivity index (χ4v) is 3.78. The smallest absolute Gasteiger partial charge is 0.365 e. The van der Waals surface area contributed by atoms with Gasteiger partial charge in [0, 0.05) is 37.1 Å². The number of benzene rings is 1. The zero-order chi connectivity index (χ0) is 22.8. The molecule has 1 aliphatic rings. The van der Waals surface area contributed by atoms with Crippen LogP contribution >= 0.6 is 0 Å². The first kappa shape index (κ1) is 22.4. The number of nitrogens with one attached hydrogen (secondary N) is 1. The van der Waals surface area contributed by atoms with Gasteiger partial charge in [-0.3, -0.25) is 4.98 Å². The highest BCUT2D eigenvalue weighted by molar-refractivity contribution is 5.75. The van der Waals surface area contributed by atoms with Gasteiger partial charge in [-0.1, -0.05) is 6.07 Å². The van der Waals surface area contributed by atoms with Crippen LogP contribution < -0.4 is 10.2 Å². The number of carbonyl (C=O) groups is 1. The highest BCUT2D eigenvalue weighted by atomic mass is 19.4. The third kappa shape index (κ3) is 4.90. The van der Waals surface area contributed by atoms with E-state index < -0.39 is 17.3 Å². The Labute approximate surface area is 179 Å². The average Bonchev–Trinajstić information content (AvgIpc) is 2.73. The first-order valence-electron chi connectivity index (χ1n) is 9.94. The number of anilines is 1. The van der Waals surface area contributed by atoms with Gasteiger partial charge in [0.25, 0.3) is 0 Å². The molecule has 1 fully saturated rings. The lowest BCUT2D eigenvalue weighted by Crippen LogP contribution is -2.60. The van der Waals surface area contributed by atoms with Gasteiger partial charge >= 0.3 is 12.2 Å². The number of alkyl halides is 3. The van der Waals surface area contributed by atoms with E-state index in [1.165, 1.54) is 12.1 Å². The third-order valence-electron chi connectivity index (χ3n) is 5.53. The molecule has 1 saturated heterocycles. The van der Waals surface area contributed by atoms with Gasteiger partial charge in [-0.25, -0.2) is 4.79 Å². The standard InChI is InChI=1S/C22H24F3N5O/c1-14-5-4-8-27-20(14)11-28-21(31)30-13-15(2)29(12-16(30)3)18-7-6-17(10-26)19(9-18)22(23,24)25/h4-9,15-16H,11-13H2,1-3H3,(H,28,31)/t15-,16+/m0/s1. The van der Waals surface area contributed by atoms with Gasteiger partial charge in [0.1, 0.15) is 0 Å². The van der Waals surface area contributed by atoms with Crippen LogP contribution in [0.25, 0.3) is 0 Å². The maximum absolute atomic E-state index is 13.3. The zero-order valence-electron chi connectivity index (χ0n) is 17.6. The van der Waals surface area contributed by atoms with Crippen molar-refractivity contribution in [1.82, 2.24) is 15.2 Å². The monoisotopic (exact) mass is 431 g/mol. The summed E-state index contributed by atoms with van der Waals surface area (Å²) in [6.07, 6.45) is -2.94. The molecule has 0 aliphatic carbocycles. The van der Waals surface area contributed by atoms with Crippen molar-refractivity contribution in [2.24, 2.45) is 0 Å². The van der Waals surface area contributed by atoms with E-state index in [-0.39, 0.29) is 18.1 Å². The normalized spacial score (nSPS) is 19.1. The van der Waals surface area contributed by atoms with Crippen LogP contribution in [0.5, 0.6) is 0 Å². The van der Waals surface area contributed by atoms with Crippen molar-refractivity contribution >= 4 is 11.7 Å². The van der Waals surface area contributed by atoms with Gasteiger partial charge in [0.05, 0.1) is 29.4 Å². The number of halogens is 3. The summed E-state index contributed by atoms with van der Waals surface area (Å²) in [4.78, 5) is 20.5. The second-order valence-electron chi connectivity index (χ2n) is 7.77. The van der Waals surface area contributed by atoms with Crippen molar-refractivity contribution in [1.29, 1.82) is 5.26 Å². The summed E-state index contributed by atoms with van der Waals surface area (Å²) in [5.41, 5.74) is 0.802. The Morgan fingerprint density at radius 2 is 2.00 bits per heavy atom. The minimum Gasteiger partial charge on any atom is -0.365 e. The summed E-state index contributed by atoms with van der Waals surface area (Å²) in [5.74, 6) is 0. The van der Waals surface area contributed by atoms with Crippen molar-refractivity contribution in [2.45, 2.75) is 45.6 Å². The number of nitriles is 1. The Balaban J connectivity index is 1.72. The summed E-state index contributed by atoms with van der Waals surface area (Å²) in [7, 11) is 0. The first-order valence-corrected chi connectivity index (χ1v) is 9.94. The van der Waals surface area contributed by atoms with Gasteiger partial charge in [0.15, 0.2) is 0 Å². The molecular formula is C22H24F3N5O. The van der Waals surface area contributed by atoms with Crippen LogP contribution in [0, 0.1) is 18.3 Å². The van der Waals surface area contributed by atoms with Gasteiger partial charge in [0.2, 0.25) is 0 Å². The van der Waals surface area contributed by atoms with Crippen molar-refractivity contribution in [3.05, 3.63) is 58.9 Å². The quantitative estimate of drug-likeness (QED) is 0.795. The second kappa shape index (κ2) is 8.84. The molecule has 1 aliphatic heterocycles. The van der Waals surface area contributed by atoms with E-state index in [1.54, 1.807) is 17.2 Å². The van der Waals surface area contributed by atoms with Crippen molar-refractivity contribution in [3.63, 3.8) is 0 Å². The van der Waals surface area contributed by atoms with Crippen LogP contribution in [0.2, 0.25) is 0 Å². The molecule has 0 bridgehead atoms. The third-order valence-corrected chi connectivity index (χ3v) is 5.53. The number of hydrogen-bond donors (Lipinski definition) is 1. The molecule has 31 heavy (non-hydrogen) atoms. The highest BCUT2D eigenvalue weighted by Gasteiger charge is 2.36. The maximum Gasteiger partial charge on any atom is 0.417 e. The van der Waals surface area contributed by atoms with Crippen LogP contribution in [0.15, 0.2) is 36.5 Å². The first-order chi connectivity index (χ1) is 14.6. The van der Waals surface area contributed by atoms with Crippen LogP contribution in [-0.4, -0.2) is 41.1 Å². The Morgan fingerprint density at radius 1 is 1.26 bits per heavy atom. The predicted octanol–water partition coefficient (Wildman–Crippen LogP) is 4.09. The lowest BCUT2D eigenvalue weighted by atomic mass is 10.0. The molecule has 0 radical (unpaired) electrons. The number of nitrogens with zero attached hydrogens (tertiary/aromatic N) is 4. The minimum atomic E-state index is -4.61. The number of hydrogen-bond acceptors (Lipinski definition) is 4. The summed E-state index contributed by atoms with van der Waals surface area (Å²) in [6.45, 7) is 6.68. The summed E-state index contributed by atoms with van der Waals surface area (Å²) in [5, 5.41) is 11.9. The number of urea groups is 1. The maximum atomic E-state index is 13.3. The number of carbonyl (C=O) groups excluding carboxylic acids is 1. The van der Waals surface area contributed by atoms with E-state index in [9.17, 15) is 18.0 Å². The Morgan fingerprint density at radius 3 is 2.65 bits per heavy atom. The van der Waals surface area contributed by atoms with Gasteiger partial charge < -0.3 is 15.1 Å². The van der Waals surface area contributed by atoms with Crippen LogP contribution in [0.3, 0.4) is 0 Å². The largest absolute Gasteiger partial charge is 0.417 e. The Bertz CT molecular complexity index is 1000. The molecule has 3 rings (SSSR count). The van der Waals surface area contributed by atoms with Gasteiger partial charge in [-0.2, -0.15) is 18.4 Å². The SMILES string of the molecule is Cc1cccnc1CNC(=O)N1C[C@H](C)N(c2ccc(C#N)c(C(F)(F)F)c2)C[C@H]1C. The number of piperazine rings is 1. The fraction of sp³-hybridized carbons (Fsp3) is 0.409. The summed E-state index contributed by atoms with van der Waals surface area (Å²) >= 11 is 0. The molecule has 1 N–H and O–H groups in total.